The normalized spacial score (nSPS) is 15.2. The fraction of sp³-hybridized carbons (Fsp3) is 0.571. The molecule has 1 unspecified atom stereocenters. The summed E-state index contributed by atoms with van der Waals surface area (Å²) in [6, 6.07) is 7.03. The quantitative estimate of drug-likeness (QED) is 0.436. The second-order valence-electron chi connectivity index (χ2n) is 7.41. The van der Waals surface area contributed by atoms with Gasteiger partial charge in [-0.3, -0.25) is 0 Å². The molecule has 1 aromatic heterocycles. The molecule has 0 aliphatic heterocycles. The van der Waals surface area contributed by atoms with Gasteiger partial charge in [0.1, 0.15) is 12.4 Å². The number of nitrogens with one attached hydrogen (secondary N) is 2. The molecule has 0 fully saturated rings. The first-order chi connectivity index (χ1) is 13.6. The van der Waals surface area contributed by atoms with Crippen molar-refractivity contribution in [3.05, 3.63) is 46.5 Å². The molecule has 2 aromatic rings. The van der Waals surface area contributed by atoms with E-state index in [1.54, 1.807) is 7.11 Å². The Bertz CT molecular complexity index is 813. The highest BCUT2D eigenvalue weighted by atomic mass is 16.5. The highest BCUT2D eigenvalue weighted by molar-refractivity contribution is 5.80. The van der Waals surface area contributed by atoms with Crippen molar-refractivity contribution in [3.63, 3.8) is 0 Å². The molecule has 0 saturated carbocycles. The lowest BCUT2D eigenvalue weighted by atomic mass is 9.89. The monoisotopic (exact) mass is 384 g/mol. The van der Waals surface area contributed by atoms with Crippen LogP contribution in [0.25, 0.3) is 0 Å². The van der Waals surface area contributed by atoms with Crippen LogP contribution in [0.15, 0.2) is 23.2 Å². The standard InChI is InChI=1S/C21H32N6O/c1-15(18-10-9-17-7-5-6-8-19(17)13-18)24-21(22-11-12-28-4)23-14-20-26-25-16(2)27(20)3/h9-10,13,15H,5-8,11-12,14H2,1-4H3,(H2,22,23,24). The van der Waals surface area contributed by atoms with E-state index in [4.69, 9.17) is 9.73 Å². The maximum atomic E-state index is 5.16. The van der Waals surface area contributed by atoms with Crippen LogP contribution in [0.3, 0.4) is 0 Å². The molecule has 1 aromatic carbocycles. The second-order valence-corrected chi connectivity index (χ2v) is 7.41. The van der Waals surface area contributed by atoms with Crippen molar-refractivity contribution in [3.8, 4) is 0 Å². The zero-order chi connectivity index (χ0) is 19.9. The molecule has 0 bridgehead atoms. The van der Waals surface area contributed by atoms with Crippen molar-refractivity contribution < 1.29 is 4.74 Å². The molecule has 1 heterocycles. The Morgan fingerprint density at radius 3 is 2.75 bits per heavy atom. The van der Waals surface area contributed by atoms with E-state index in [1.807, 2.05) is 18.5 Å². The summed E-state index contributed by atoms with van der Waals surface area (Å²) in [5, 5.41) is 15.2. The van der Waals surface area contributed by atoms with Crippen molar-refractivity contribution in [1.82, 2.24) is 25.4 Å². The van der Waals surface area contributed by atoms with Crippen LogP contribution >= 0.6 is 0 Å². The maximum absolute atomic E-state index is 5.16. The lowest BCUT2D eigenvalue weighted by Crippen LogP contribution is -2.40. The Labute approximate surface area is 167 Å². The summed E-state index contributed by atoms with van der Waals surface area (Å²) in [4.78, 5) is 4.71. The molecule has 7 heteroatoms. The summed E-state index contributed by atoms with van der Waals surface area (Å²) in [5.74, 6) is 2.48. The van der Waals surface area contributed by atoms with Gasteiger partial charge in [0.15, 0.2) is 11.8 Å². The Kier molecular flexibility index (Phi) is 7.03. The van der Waals surface area contributed by atoms with Gasteiger partial charge in [-0.25, -0.2) is 4.99 Å². The minimum Gasteiger partial charge on any atom is -0.383 e. The van der Waals surface area contributed by atoms with E-state index in [9.17, 15) is 0 Å². The summed E-state index contributed by atoms with van der Waals surface area (Å²) >= 11 is 0. The summed E-state index contributed by atoms with van der Waals surface area (Å²) in [6.45, 7) is 5.89. The van der Waals surface area contributed by atoms with Gasteiger partial charge in [0.25, 0.3) is 0 Å². The first-order valence-electron chi connectivity index (χ1n) is 10.1. The molecule has 1 atom stereocenters. The van der Waals surface area contributed by atoms with Crippen LogP contribution in [0.5, 0.6) is 0 Å². The topological polar surface area (TPSA) is 76.4 Å². The average molecular weight is 385 g/mol. The third-order valence-corrected chi connectivity index (χ3v) is 5.39. The molecular formula is C21H32N6O. The Balaban J connectivity index is 1.70. The summed E-state index contributed by atoms with van der Waals surface area (Å²) in [7, 11) is 3.66. The van der Waals surface area contributed by atoms with Gasteiger partial charge in [-0.05, 0) is 56.2 Å². The molecule has 2 N–H and O–H groups in total. The second kappa shape index (κ2) is 9.68. The van der Waals surface area contributed by atoms with Crippen LogP contribution in [-0.4, -0.2) is 41.0 Å². The molecule has 3 rings (SSSR count). The van der Waals surface area contributed by atoms with Gasteiger partial charge < -0.3 is 19.9 Å². The predicted octanol–water partition coefficient (Wildman–Crippen LogP) is 2.45. The average Bonchev–Trinajstić information content (AvgIpc) is 3.03. The third kappa shape index (κ3) is 5.10. The van der Waals surface area contributed by atoms with E-state index < -0.39 is 0 Å². The minimum absolute atomic E-state index is 0.155. The number of guanidine groups is 1. The van der Waals surface area contributed by atoms with Crippen LogP contribution < -0.4 is 10.6 Å². The van der Waals surface area contributed by atoms with Gasteiger partial charge in [0, 0.05) is 20.7 Å². The van der Waals surface area contributed by atoms with Gasteiger partial charge >= 0.3 is 0 Å². The van der Waals surface area contributed by atoms with Crippen molar-refractivity contribution in [1.29, 1.82) is 0 Å². The highest BCUT2D eigenvalue weighted by Gasteiger charge is 2.14. The number of rotatable bonds is 7. The number of benzene rings is 1. The minimum atomic E-state index is 0.155. The molecule has 0 spiro atoms. The zero-order valence-corrected chi connectivity index (χ0v) is 17.5. The van der Waals surface area contributed by atoms with E-state index in [0.29, 0.717) is 19.7 Å². The summed E-state index contributed by atoms with van der Waals surface area (Å²) < 4.78 is 7.12. The molecule has 0 radical (unpaired) electrons. The number of hydrogen-bond donors (Lipinski definition) is 2. The van der Waals surface area contributed by atoms with Gasteiger partial charge in [0.05, 0.1) is 12.6 Å². The first kappa shape index (κ1) is 20.3. The van der Waals surface area contributed by atoms with Crippen LogP contribution in [-0.2, 0) is 31.2 Å². The number of fused-ring (bicyclic) bond motifs is 1. The molecular weight excluding hydrogens is 352 g/mol. The molecule has 1 aliphatic carbocycles. The number of nitrogens with zero attached hydrogens (tertiary/aromatic N) is 4. The van der Waals surface area contributed by atoms with Gasteiger partial charge in [0.2, 0.25) is 0 Å². The van der Waals surface area contributed by atoms with Crippen molar-refractivity contribution in [2.75, 3.05) is 20.3 Å². The maximum Gasteiger partial charge on any atom is 0.192 e. The van der Waals surface area contributed by atoms with Crippen molar-refractivity contribution in [2.45, 2.75) is 52.1 Å². The fourth-order valence-corrected chi connectivity index (χ4v) is 3.47. The number of aliphatic imine (C=N–C) groups is 1. The number of aryl methyl sites for hydroxylation is 3. The van der Waals surface area contributed by atoms with Gasteiger partial charge in [-0.2, -0.15) is 0 Å². The summed E-state index contributed by atoms with van der Waals surface area (Å²) in [5.41, 5.74) is 4.29. The number of hydrogen-bond acceptors (Lipinski definition) is 4. The Morgan fingerprint density at radius 1 is 1.25 bits per heavy atom. The molecule has 1 aliphatic rings. The Hall–Kier alpha value is -2.41. The predicted molar refractivity (Wildman–Crippen MR) is 111 cm³/mol. The van der Waals surface area contributed by atoms with E-state index in [-0.39, 0.29) is 6.04 Å². The SMILES string of the molecule is COCCNC(=NCc1nnc(C)n1C)NC(C)c1ccc2c(c1)CCCC2. The van der Waals surface area contributed by atoms with E-state index >= 15 is 0 Å². The van der Waals surface area contributed by atoms with Crippen LogP contribution in [0.4, 0.5) is 0 Å². The molecule has 0 saturated heterocycles. The molecule has 7 nitrogen and oxygen atoms in total. The first-order valence-corrected chi connectivity index (χ1v) is 10.1. The van der Waals surface area contributed by atoms with Crippen LogP contribution in [0, 0.1) is 6.92 Å². The largest absolute Gasteiger partial charge is 0.383 e. The number of methoxy groups -OCH3 is 1. The van der Waals surface area contributed by atoms with E-state index in [0.717, 1.165) is 17.6 Å². The molecule has 152 valence electrons. The summed E-state index contributed by atoms with van der Waals surface area (Å²) in [6.07, 6.45) is 5.00. The van der Waals surface area contributed by atoms with E-state index in [1.165, 1.54) is 42.4 Å². The smallest absolute Gasteiger partial charge is 0.192 e. The van der Waals surface area contributed by atoms with Crippen molar-refractivity contribution >= 4 is 5.96 Å². The van der Waals surface area contributed by atoms with Crippen LogP contribution in [0.1, 0.15) is 54.1 Å². The molecule has 28 heavy (non-hydrogen) atoms. The van der Waals surface area contributed by atoms with E-state index in [2.05, 4.69) is 46.0 Å². The lowest BCUT2D eigenvalue weighted by Gasteiger charge is -2.22. The van der Waals surface area contributed by atoms with Gasteiger partial charge in [-0.1, -0.05) is 18.2 Å². The number of ether oxygens (including phenoxy) is 1. The van der Waals surface area contributed by atoms with Crippen molar-refractivity contribution in [2.24, 2.45) is 12.0 Å². The lowest BCUT2D eigenvalue weighted by molar-refractivity contribution is 0.203. The van der Waals surface area contributed by atoms with Crippen LogP contribution in [0.2, 0.25) is 0 Å². The Morgan fingerprint density at radius 2 is 2.04 bits per heavy atom. The van der Waals surface area contributed by atoms with Gasteiger partial charge in [-0.15, -0.1) is 10.2 Å². The molecule has 0 amide bonds. The fourth-order valence-electron chi connectivity index (χ4n) is 3.47. The third-order valence-electron chi connectivity index (χ3n) is 5.39. The zero-order valence-electron chi connectivity index (χ0n) is 17.5. The highest BCUT2D eigenvalue weighted by Crippen LogP contribution is 2.24. The number of aromatic nitrogens is 3.